The van der Waals surface area contributed by atoms with E-state index >= 15 is 0 Å². The third-order valence-corrected chi connectivity index (χ3v) is 1.35. The van der Waals surface area contributed by atoms with Crippen LogP contribution in [0.5, 0.6) is 0 Å². The van der Waals surface area contributed by atoms with E-state index in [4.69, 9.17) is 0 Å². The highest BCUT2D eigenvalue weighted by Gasteiger charge is 1.90. The average Bonchev–Trinajstić information content (AvgIpc) is 2.07. The molecule has 1 aromatic rings. The fourth-order valence-corrected chi connectivity index (χ4v) is 0.827. The van der Waals surface area contributed by atoms with Gasteiger partial charge in [-0.05, 0) is 12.1 Å². The van der Waals surface area contributed by atoms with Crippen molar-refractivity contribution in [1.82, 2.24) is 10.5 Å². The predicted molar refractivity (Wildman–Crippen MR) is 43.0 cm³/mol. The molecule has 3 heteroatoms. The van der Waals surface area contributed by atoms with Crippen LogP contribution in [0.3, 0.4) is 0 Å². The Morgan fingerprint density at radius 2 is 2.45 bits per heavy atom. The monoisotopic (exact) mass is 152 g/mol. The lowest BCUT2D eigenvalue weighted by molar-refractivity contribution is 0.0926. The van der Waals surface area contributed by atoms with Gasteiger partial charge in [0.1, 0.15) is 0 Å². The van der Waals surface area contributed by atoms with Gasteiger partial charge in [0, 0.05) is 24.9 Å². The van der Waals surface area contributed by atoms with Gasteiger partial charge in [-0.1, -0.05) is 6.07 Å². The minimum absolute atomic E-state index is 0.799. The first-order valence-electron chi connectivity index (χ1n) is 3.59. The maximum Gasteiger partial charge on any atom is 0.0572 e. The van der Waals surface area contributed by atoms with Gasteiger partial charge < -0.3 is 4.84 Å². The lowest BCUT2D eigenvalue weighted by Crippen LogP contribution is -2.15. The van der Waals surface area contributed by atoms with Gasteiger partial charge >= 0.3 is 0 Å². The van der Waals surface area contributed by atoms with E-state index in [0.29, 0.717) is 0 Å². The molecule has 0 aliphatic carbocycles. The first kappa shape index (κ1) is 8.17. The smallest absolute Gasteiger partial charge is 0.0572 e. The van der Waals surface area contributed by atoms with Crippen molar-refractivity contribution in [2.24, 2.45) is 0 Å². The number of hydrogen-bond donors (Lipinski definition) is 1. The zero-order chi connectivity index (χ0) is 7.94. The van der Waals surface area contributed by atoms with Crippen molar-refractivity contribution in [3.8, 4) is 0 Å². The molecule has 0 fully saturated rings. The highest BCUT2D eigenvalue weighted by Crippen LogP contribution is 1.92. The summed E-state index contributed by atoms with van der Waals surface area (Å²) >= 11 is 0. The molecule has 0 saturated carbocycles. The molecule has 0 saturated heterocycles. The van der Waals surface area contributed by atoms with Crippen LogP contribution in [-0.4, -0.2) is 18.6 Å². The second kappa shape index (κ2) is 4.82. The van der Waals surface area contributed by atoms with Crippen LogP contribution in [0.25, 0.3) is 0 Å². The molecule has 1 N–H and O–H groups in total. The summed E-state index contributed by atoms with van der Waals surface area (Å²) in [4.78, 5) is 8.84. The van der Waals surface area contributed by atoms with Gasteiger partial charge in [-0.3, -0.25) is 4.98 Å². The second-order valence-electron chi connectivity index (χ2n) is 2.17. The van der Waals surface area contributed by atoms with Crippen LogP contribution in [0.1, 0.15) is 5.69 Å². The first-order valence-corrected chi connectivity index (χ1v) is 3.59. The van der Waals surface area contributed by atoms with E-state index < -0.39 is 0 Å². The van der Waals surface area contributed by atoms with Gasteiger partial charge in [0.25, 0.3) is 0 Å². The van der Waals surface area contributed by atoms with E-state index in [0.717, 1.165) is 18.7 Å². The number of pyridine rings is 1. The van der Waals surface area contributed by atoms with Crippen LogP contribution in [0.2, 0.25) is 0 Å². The summed E-state index contributed by atoms with van der Waals surface area (Å²) < 4.78 is 0. The van der Waals surface area contributed by atoms with Gasteiger partial charge in [-0.25, -0.2) is 5.48 Å². The first-order chi connectivity index (χ1) is 5.43. The highest BCUT2D eigenvalue weighted by atomic mass is 16.6. The van der Waals surface area contributed by atoms with E-state index in [1.54, 1.807) is 13.3 Å². The van der Waals surface area contributed by atoms with E-state index in [1.165, 1.54) is 0 Å². The molecule has 11 heavy (non-hydrogen) atoms. The SMILES string of the molecule is CONCCc1ccccn1. The number of aromatic nitrogens is 1. The van der Waals surface area contributed by atoms with E-state index in [2.05, 4.69) is 15.3 Å². The van der Waals surface area contributed by atoms with Gasteiger partial charge in [-0.15, -0.1) is 0 Å². The zero-order valence-electron chi connectivity index (χ0n) is 6.58. The van der Waals surface area contributed by atoms with Crippen molar-refractivity contribution in [3.05, 3.63) is 30.1 Å². The van der Waals surface area contributed by atoms with Crippen molar-refractivity contribution < 1.29 is 4.84 Å². The van der Waals surface area contributed by atoms with Gasteiger partial charge in [-0.2, -0.15) is 0 Å². The van der Waals surface area contributed by atoms with Crippen LogP contribution >= 0.6 is 0 Å². The molecule has 0 spiro atoms. The largest absolute Gasteiger partial charge is 0.305 e. The van der Waals surface area contributed by atoms with E-state index in [-0.39, 0.29) is 0 Å². The Balaban J connectivity index is 2.28. The van der Waals surface area contributed by atoms with E-state index in [9.17, 15) is 0 Å². The number of hydrogen-bond acceptors (Lipinski definition) is 3. The molecule has 0 atom stereocenters. The van der Waals surface area contributed by atoms with Crippen LogP contribution in [-0.2, 0) is 11.3 Å². The van der Waals surface area contributed by atoms with Gasteiger partial charge in [0.15, 0.2) is 0 Å². The molecule has 60 valence electrons. The normalized spacial score (nSPS) is 9.91. The molecule has 1 heterocycles. The van der Waals surface area contributed by atoms with Crippen molar-refractivity contribution in [1.29, 1.82) is 0 Å². The Hall–Kier alpha value is -0.930. The highest BCUT2D eigenvalue weighted by molar-refractivity contribution is 5.03. The van der Waals surface area contributed by atoms with Crippen molar-refractivity contribution in [2.45, 2.75) is 6.42 Å². The van der Waals surface area contributed by atoms with E-state index in [1.807, 2.05) is 18.2 Å². The quantitative estimate of drug-likeness (QED) is 0.511. The fraction of sp³-hybridized carbons (Fsp3) is 0.375. The summed E-state index contributed by atoms with van der Waals surface area (Å²) in [5.74, 6) is 0. The summed E-state index contributed by atoms with van der Waals surface area (Å²) in [6.45, 7) is 0.799. The standard InChI is InChI=1S/C8H12N2O/c1-11-10-7-5-8-4-2-3-6-9-8/h2-4,6,10H,5,7H2,1H3. The Labute approximate surface area is 66.4 Å². The molecule has 0 radical (unpaired) electrons. The Bertz CT molecular complexity index is 189. The van der Waals surface area contributed by atoms with Gasteiger partial charge in [0.05, 0.1) is 7.11 Å². The average molecular weight is 152 g/mol. The second-order valence-corrected chi connectivity index (χ2v) is 2.17. The van der Waals surface area contributed by atoms with Crippen molar-refractivity contribution in [3.63, 3.8) is 0 Å². The number of nitrogens with one attached hydrogen (secondary N) is 1. The summed E-state index contributed by atoms with van der Waals surface area (Å²) in [5.41, 5.74) is 3.84. The predicted octanol–water partition coefficient (Wildman–Crippen LogP) is 0.775. The van der Waals surface area contributed by atoms with Crippen LogP contribution in [0, 0.1) is 0 Å². The Kier molecular flexibility index (Phi) is 3.58. The molecule has 0 bridgehead atoms. The minimum Gasteiger partial charge on any atom is -0.305 e. The lowest BCUT2D eigenvalue weighted by atomic mass is 10.3. The summed E-state index contributed by atoms with van der Waals surface area (Å²) in [5, 5.41) is 0. The van der Waals surface area contributed by atoms with Crippen LogP contribution < -0.4 is 5.48 Å². The number of nitrogens with zero attached hydrogens (tertiary/aromatic N) is 1. The third-order valence-electron chi connectivity index (χ3n) is 1.35. The maximum atomic E-state index is 4.69. The van der Waals surface area contributed by atoms with Crippen molar-refractivity contribution in [2.75, 3.05) is 13.7 Å². The molecule has 3 nitrogen and oxygen atoms in total. The summed E-state index contributed by atoms with van der Waals surface area (Å²) in [6.07, 6.45) is 2.69. The molecule has 0 aromatic carbocycles. The fourth-order valence-electron chi connectivity index (χ4n) is 0.827. The summed E-state index contributed by atoms with van der Waals surface area (Å²) in [6, 6.07) is 5.89. The molecular formula is C8H12N2O. The molecular weight excluding hydrogens is 140 g/mol. The molecule has 0 unspecified atom stereocenters. The number of rotatable bonds is 4. The van der Waals surface area contributed by atoms with Crippen LogP contribution in [0.15, 0.2) is 24.4 Å². The molecule has 1 rings (SSSR count). The zero-order valence-corrected chi connectivity index (χ0v) is 6.58. The molecule has 0 aliphatic heterocycles. The maximum absolute atomic E-state index is 4.69. The van der Waals surface area contributed by atoms with Crippen LogP contribution in [0.4, 0.5) is 0 Å². The topological polar surface area (TPSA) is 34.1 Å². The minimum atomic E-state index is 0.799. The lowest BCUT2D eigenvalue weighted by Gasteiger charge is -1.99. The molecule has 1 aromatic heterocycles. The van der Waals surface area contributed by atoms with Gasteiger partial charge in [0.2, 0.25) is 0 Å². The van der Waals surface area contributed by atoms with Crippen molar-refractivity contribution >= 4 is 0 Å². The summed E-state index contributed by atoms with van der Waals surface area (Å²) in [7, 11) is 1.61. The third kappa shape index (κ3) is 3.11. The Morgan fingerprint density at radius 1 is 1.55 bits per heavy atom. The number of hydroxylamine groups is 1. The Morgan fingerprint density at radius 3 is 3.09 bits per heavy atom. The molecule has 0 aliphatic rings. The molecule has 0 amide bonds.